The Morgan fingerprint density at radius 2 is 2.00 bits per heavy atom. The second-order valence-corrected chi connectivity index (χ2v) is 4.84. The van der Waals surface area contributed by atoms with Crippen LogP contribution in [0.25, 0.3) is 0 Å². The van der Waals surface area contributed by atoms with Gasteiger partial charge in [0, 0.05) is 6.42 Å². The third-order valence-electron chi connectivity index (χ3n) is 2.04. The predicted octanol–water partition coefficient (Wildman–Crippen LogP) is 2.62. The molecule has 0 aliphatic heterocycles. The molecule has 0 radical (unpaired) electrons. The average molecular weight is 210 g/mol. The fourth-order valence-corrected chi connectivity index (χ4v) is 1.39. The van der Waals surface area contributed by atoms with Crippen molar-refractivity contribution >= 4 is 0 Å². The van der Waals surface area contributed by atoms with Gasteiger partial charge in [-0.05, 0) is 18.4 Å². The molecule has 1 aromatic heterocycles. The van der Waals surface area contributed by atoms with Gasteiger partial charge in [0.25, 0.3) is 0 Å². The first-order valence-corrected chi connectivity index (χ1v) is 5.72. The molecule has 0 aliphatic rings. The molecule has 0 unspecified atom stereocenters. The maximum Gasteiger partial charge on any atom is 0.208 e. The summed E-state index contributed by atoms with van der Waals surface area (Å²) in [6, 6.07) is 0. The Morgan fingerprint density at radius 3 is 2.60 bits per heavy atom. The molecule has 15 heavy (non-hydrogen) atoms. The van der Waals surface area contributed by atoms with Crippen molar-refractivity contribution in [3.05, 3.63) is 17.8 Å². The Kier molecular flexibility index (Phi) is 4.82. The third-order valence-corrected chi connectivity index (χ3v) is 2.04. The van der Waals surface area contributed by atoms with Crippen LogP contribution in [0.5, 0.6) is 0 Å². The van der Waals surface area contributed by atoms with Gasteiger partial charge in [0.2, 0.25) is 5.89 Å². The van der Waals surface area contributed by atoms with Gasteiger partial charge in [-0.25, -0.2) is 4.98 Å². The second-order valence-electron chi connectivity index (χ2n) is 4.84. The van der Waals surface area contributed by atoms with E-state index < -0.39 is 0 Å². The molecule has 0 amide bonds. The summed E-state index contributed by atoms with van der Waals surface area (Å²) in [5, 5.41) is 3.31. The van der Waals surface area contributed by atoms with Crippen LogP contribution in [0, 0.1) is 11.8 Å². The molecule has 0 saturated carbocycles. The van der Waals surface area contributed by atoms with Crippen LogP contribution in [0.15, 0.2) is 10.6 Å². The summed E-state index contributed by atoms with van der Waals surface area (Å²) in [5.74, 6) is 3.07. The molecule has 3 heteroatoms. The number of hydrogen-bond acceptors (Lipinski definition) is 3. The molecule has 1 rings (SSSR count). The molecule has 1 aromatic rings. The topological polar surface area (TPSA) is 38.1 Å². The van der Waals surface area contributed by atoms with E-state index in [2.05, 4.69) is 38.0 Å². The van der Waals surface area contributed by atoms with Crippen LogP contribution in [0.2, 0.25) is 0 Å². The van der Waals surface area contributed by atoms with E-state index >= 15 is 0 Å². The molecule has 1 heterocycles. The number of nitrogens with one attached hydrogen (secondary N) is 1. The first kappa shape index (κ1) is 12.2. The molecule has 0 aliphatic carbocycles. The highest BCUT2D eigenvalue weighted by Crippen LogP contribution is 2.09. The maximum absolute atomic E-state index is 5.60. The summed E-state index contributed by atoms with van der Waals surface area (Å²) in [5.41, 5.74) is 0. The molecule has 0 spiro atoms. The minimum atomic E-state index is 0.620. The van der Waals surface area contributed by atoms with Crippen molar-refractivity contribution < 1.29 is 4.42 Å². The number of hydrogen-bond donors (Lipinski definition) is 1. The zero-order valence-electron chi connectivity index (χ0n) is 10.2. The highest BCUT2D eigenvalue weighted by Gasteiger charge is 2.05. The number of oxazole rings is 1. The molecule has 1 N–H and O–H groups in total. The Labute approximate surface area is 92.3 Å². The van der Waals surface area contributed by atoms with Crippen molar-refractivity contribution in [2.45, 2.75) is 40.7 Å². The van der Waals surface area contributed by atoms with Gasteiger partial charge in [0.15, 0.2) is 0 Å². The van der Waals surface area contributed by atoms with Crippen molar-refractivity contribution in [1.29, 1.82) is 0 Å². The van der Waals surface area contributed by atoms with Crippen molar-refractivity contribution in [2.75, 3.05) is 6.54 Å². The van der Waals surface area contributed by atoms with Gasteiger partial charge in [-0.3, -0.25) is 0 Å². The fraction of sp³-hybridized carbons (Fsp3) is 0.750. The highest BCUT2D eigenvalue weighted by molar-refractivity contribution is 4.94. The van der Waals surface area contributed by atoms with Gasteiger partial charge < -0.3 is 9.73 Å². The summed E-state index contributed by atoms with van der Waals surface area (Å²) >= 11 is 0. The van der Waals surface area contributed by atoms with Crippen LogP contribution in [-0.4, -0.2) is 11.5 Å². The van der Waals surface area contributed by atoms with Crippen LogP contribution in [0.1, 0.15) is 39.3 Å². The normalized spacial score (nSPS) is 11.6. The van der Waals surface area contributed by atoms with Gasteiger partial charge >= 0.3 is 0 Å². The van der Waals surface area contributed by atoms with Crippen LogP contribution in [0.3, 0.4) is 0 Å². The molecular weight excluding hydrogens is 188 g/mol. The molecule has 0 aromatic carbocycles. The summed E-state index contributed by atoms with van der Waals surface area (Å²) < 4.78 is 5.60. The van der Waals surface area contributed by atoms with E-state index in [1.165, 1.54) is 0 Å². The average Bonchev–Trinajstić information content (AvgIpc) is 2.50. The Hall–Kier alpha value is -0.830. The van der Waals surface area contributed by atoms with E-state index in [9.17, 15) is 0 Å². The lowest BCUT2D eigenvalue weighted by Gasteiger charge is -2.04. The lowest BCUT2D eigenvalue weighted by molar-refractivity contribution is 0.411. The summed E-state index contributed by atoms with van der Waals surface area (Å²) in [6.07, 6.45) is 2.81. The summed E-state index contributed by atoms with van der Waals surface area (Å²) in [7, 11) is 0. The number of nitrogens with zero attached hydrogens (tertiary/aromatic N) is 1. The smallest absolute Gasteiger partial charge is 0.208 e. The first-order chi connectivity index (χ1) is 7.08. The summed E-state index contributed by atoms with van der Waals surface area (Å²) in [6.45, 7) is 10.5. The maximum atomic E-state index is 5.60. The monoisotopic (exact) mass is 210 g/mol. The Morgan fingerprint density at radius 1 is 1.27 bits per heavy atom. The van der Waals surface area contributed by atoms with Crippen LogP contribution >= 0.6 is 0 Å². The standard InChI is InChI=1S/C12H22N2O/c1-9(2)5-11-7-14-12(15-11)8-13-6-10(3)4/h7,9-10,13H,5-6,8H2,1-4H3. The number of aromatic nitrogens is 1. The van der Waals surface area contributed by atoms with Gasteiger partial charge in [-0.2, -0.15) is 0 Å². The fourth-order valence-electron chi connectivity index (χ4n) is 1.39. The quantitative estimate of drug-likeness (QED) is 0.784. The van der Waals surface area contributed by atoms with Crippen LogP contribution < -0.4 is 5.32 Å². The lowest BCUT2D eigenvalue weighted by Crippen LogP contribution is -2.19. The predicted molar refractivity (Wildman–Crippen MR) is 61.6 cm³/mol. The molecular formula is C12H22N2O. The largest absolute Gasteiger partial charge is 0.444 e. The second kappa shape index (κ2) is 5.91. The van der Waals surface area contributed by atoms with Gasteiger partial charge in [0.05, 0.1) is 12.7 Å². The number of rotatable bonds is 6. The van der Waals surface area contributed by atoms with Crippen LogP contribution in [-0.2, 0) is 13.0 Å². The summed E-state index contributed by atoms with van der Waals surface area (Å²) in [4.78, 5) is 4.24. The van der Waals surface area contributed by atoms with E-state index in [1.807, 2.05) is 6.20 Å². The SMILES string of the molecule is CC(C)CNCc1ncc(CC(C)C)o1. The molecule has 0 saturated heterocycles. The molecule has 0 fully saturated rings. The minimum Gasteiger partial charge on any atom is -0.444 e. The van der Waals surface area contributed by atoms with E-state index in [-0.39, 0.29) is 0 Å². The van der Waals surface area contributed by atoms with Crippen molar-refractivity contribution in [3.8, 4) is 0 Å². The first-order valence-electron chi connectivity index (χ1n) is 5.72. The van der Waals surface area contributed by atoms with E-state index in [0.29, 0.717) is 11.8 Å². The zero-order valence-corrected chi connectivity index (χ0v) is 10.2. The van der Waals surface area contributed by atoms with Gasteiger partial charge in [-0.15, -0.1) is 0 Å². The third kappa shape index (κ3) is 4.98. The molecule has 0 atom stereocenters. The van der Waals surface area contributed by atoms with E-state index in [4.69, 9.17) is 4.42 Å². The van der Waals surface area contributed by atoms with Gasteiger partial charge in [0.1, 0.15) is 5.76 Å². The van der Waals surface area contributed by atoms with E-state index in [1.54, 1.807) is 0 Å². The molecule has 3 nitrogen and oxygen atoms in total. The van der Waals surface area contributed by atoms with Crippen molar-refractivity contribution in [1.82, 2.24) is 10.3 Å². The van der Waals surface area contributed by atoms with Crippen LogP contribution in [0.4, 0.5) is 0 Å². The van der Waals surface area contributed by atoms with Crippen molar-refractivity contribution in [3.63, 3.8) is 0 Å². The zero-order chi connectivity index (χ0) is 11.3. The lowest BCUT2D eigenvalue weighted by atomic mass is 10.1. The van der Waals surface area contributed by atoms with Crippen molar-refractivity contribution in [2.24, 2.45) is 11.8 Å². The molecule has 86 valence electrons. The Balaban J connectivity index is 2.33. The Bertz CT molecular complexity index is 279. The minimum absolute atomic E-state index is 0.620. The molecule has 0 bridgehead atoms. The highest BCUT2D eigenvalue weighted by atomic mass is 16.4. The van der Waals surface area contributed by atoms with E-state index in [0.717, 1.165) is 31.2 Å². The van der Waals surface area contributed by atoms with Gasteiger partial charge in [-0.1, -0.05) is 27.7 Å².